The van der Waals surface area contributed by atoms with Crippen molar-refractivity contribution in [3.63, 3.8) is 0 Å². The van der Waals surface area contributed by atoms with Crippen LogP contribution in [0.2, 0.25) is 0 Å². The third kappa shape index (κ3) is 7.74. The first-order valence-corrected chi connectivity index (χ1v) is 13.5. The van der Waals surface area contributed by atoms with Crippen molar-refractivity contribution in [2.75, 3.05) is 32.0 Å². The average Bonchev–Trinajstić information content (AvgIpc) is 2.86. The summed E-state index contributed by atoms with van der Waals surface area (Å²) in [6, 6.07) is 10.5. The Balaban J connectivity index is 1.40. The van der Waals surface area contributed by atoms with Crippen molar-refractivity contribution in [2.24, 2.45) is 11.8 Å². The Kier molecular flexibility index (Phi) is 9.14. The van der Waals surface area contributed by atoms with Gasteiger partial charge in [-0.3, -0.25) is 9.78 Å². The molecule has 4 atom stereocenters. The molecule has 1 saturated heterocycles. The van der Waals surface area contributed by atoms with Crippen LogP contribution < -0.4 is 10.6 Å². The van der Waals surface area contributed by atoms with Crippen molar-refractivity contribution in [3.8, 4) is 0 Å². The molecule has 2 heterocycles. The Hall–Kier alpha value is -3.00. The summed E-state index contributed by atoms with van der Waals surface area (Å²) in [5, 5.41) is 6.19. The van der Waals surface area contributed by atoms with Crippen LogP contribution in [0.25, 0.3) is 0 Å². The minimum atomic E-state index is -0.202. The number of rotatable bonds is 7. The molecule has 4 rings (SSSR count). The zero-order chi connectivity index (χ0) is 26.4. The highest BCUT2D eigenvalue weighted by molar-refractivity contribution is 5.89. The van der Waals surface area contributed by atoms with Gasteiger partial charge in [-0.2, -0.15) is 0 Å². The molecule has 7 nitrogen and oxygen atoms in total. The van der Waals surface area contributed by atoms with Gasteiger partial charge in [-0.05, 0) is 93.7 Å². The standard InChI is InChI=1S/C29H40FN5O2/c1-20-15-26(12-13-31-20)32-29(37)33-28-11-10-27(34(3)21(2)36)17-24(28)19-35-14-4-5-23(18-35)16-22-6-8-25(30)9-7-22/h6-9,12-13,15,23-24,27-28H,4-5,10-11,14,16-19H2,1-3H3,(H2,31,32,33,37)/t23-,24-,27+,28+/m0/s1. The highest BCUT2D eigenvalue weighted by atomic mass is 19.1. The van der Waals surface area contributed by atoms with Gasteiger partial charge in [-0.1, -0.05) is 12.1 Å². The summed E-state index contributed by atoms with van der Waals surface area (Å²) in [6.45, 7) is 6.44. The van der Waals surface area contributed by atoms with Crippen LogP contribution in [-0.4, -0.2) is 65.5 Å². The number of aromatic nitrogens is 1. The highest BCUT2D eigenvalue weighted by Gasteiger charge is 2.35. The van der Waals surface area contributed by atoms with E-state index >= 15 is 0 Å². The van der Waals surface area contributed by atoms with Crippen molar-refractivity contribution in [1.82, 2.24) is 20.1 Å². The number of benzene rings is 1. The van der Waals surface area contributed by atoms with Gasteiger partial charge in [0.15, 0.2) is 0 Å². The molecule has 200 valence electrons. The number of piperidine rings is 1. The van der Waals surface area contributed by atoms with Gasteiger partial charge in [-0.25, -0.2) is 9.18 Å². The fraction of sp³-hybridized carbons (Fsp3) is 0.552. The van der Waals surface area contributed by atoms with Gasteiger partial charge in [0, 0.05) is 56.7 Å². The summed E-state index contributed by atoms with van der Waals surface area (Å²) in [7, 11) is 1.88. The minimum absolute atomic E-state index is 0.0389. The average molecular weight is 510 g/mol. The Morgan fingerprint density at radius 1 is 1.16 bits per heavy atom. The van der Waals surface area contributed by atoms with E-state index in [0.29, 0.717) is 5.92 Å². The first-order valence-electron chi connectivity index (χ1n) is 13.5. The first kappa shape index (κ1) is 27.0. The normalized spacial score (nSPS) is 24.3. The summed E-state index contributed by atoms with van der Waals surface area (Å²) in [5.74, 6) is 0.662. The number of aryl methyl sites for hydroxylation is 1. The van der Waals surface area contributed by atoms with E-state index < -0.39 is 0 Å². The number of amides is 3. The van der Waals surface area contributed by atoms with E-state index in [1.165, 1.54) is 24.1 Å². The van der Waals surface area contributed by atoms with E-state index in [9.17, 15) is 14.0 Å². The van der Waals surface area contributed by atoms with E-state index in [1.54, 1.807) is 19.2 Å². The number of halogens is 1. The number of anilines is 1. The van der Waals surface area contributed by atoms with Gasteiger partial charge >= 0.3 is 6.03 Å². The minimum Gasteiger partial charge on any atom is -0.343 e. The van der Waals surface area contributed by atoms with Crippen LogP contribution in [0.4, 0.5) is 14.9 Å². The Morgan fingerprint density at radius 2 is 1.95 bits per heavy atom. The van der Waals surface area contributed by atoms with Crippen molar-refractivity contribution in [1.29, 1.82) is 0 Å². The van der Waals surface area contributed by atoms with Crippen LogP contribution >= 0.6 is 0 Å². The van der Waals surface area contributed by atoms with E-state index in [4.69, 9.17) is 0 Å². The zero-order valence-electron chi connectivity index (χ0n) is 22.3. The lowest BCUT2D eigenvalue weighted by molar-refractivity contribution is -0.130. The summed E-state index contributed by atoms with van der Waals surface area (Å²) >= 11 is 0. The maximum atomic E-state index is 13.3. The molecule has 2 N–H and O–H groups in total. The Morgan fingerprint density at radius 3 is 2.68 bits per heavy atom. The van der Waals surface area contributed by atoms with Crippen LogP contribution in [0.1, 0.15) is 50.3 Å². The van der Waals surface area contributed by atoms with Crippen molar-refractivity contribution in [2.45, 2.75) is 64.5 Å². The molecule has 1 aliphatic heterocycles. The van der Waals surface area contributed by atoms with Crippen molar-refractivity contribution in [3.05, 3.63) is 59.7 Å². The number of hydrogen-bond donors (Lipinski definition) is 2. The number of hydrogen-bond acceptors (Lipinski definition) is 4. The van der Waals surface area contributed by atoms with Crippen LogP contribution in [0.5, 0.6) is 0 Å². The van der Waals surface area contributed by atoms with Crippen LogP contribution in [0.3, 0.4) is 0 Å². The molecule has 2 aliphatic rings. The molecule has 0 spiro atoms. The van der Waals surface area contributed by atoms with E-state index in [-0.39, 0.29) is 35.8 Å². The second kappa shape index (κ2) is 12.5. The van der Waals surface area contributed by atoms with Gasteiger partial charge in [0.2, 0.25) is 5.91 Å². The largest absolute Gasteiger partial charge is 0.343 e. The molecule has 0 radical (unpaired) electrons. The molecule has 1 aromatic carbocycles. The van der Waals surface area contributed by atoms with Gasteiger partial charge < -0.3 is 20.4 Å². The zero-order valence-corrected chi connectivity index (χ0v) is 22.3. The molecule has 8 heteroatoms. The monoisotopic (exact) mass is 509 g/mol. The quantitative estimate of drug-likeness (QED) is 0.571. The molecule has 0 bridgehead atoms. The number of carbonyl (C=O) groups excluding carboxylic acids is 2. The molecular weight excluding hydrogens is 469 g/mol. The number of nitrogens with zero attached hydrogens (tertiary/aromatic N) is 3. The molecular formula is C29H40FN5O2. The molecule has 2 fully saturated rings. The van der Waals surface area contributed by atoms with Crippen LogP contribution in [0, 0.1) is 24.6 Å². The van der Waals surface area contributed by atoms with Gasteiger partial charge in [0.1, 0.15) is 5.82 Å². The maximum Gasteiger partial charge on any atom is 0.319 e. The van der Waals surface area contributed by atoms with Gasteiger partial charge in [0.25, 0.3) is 0 Å². The number of nitrogens with one attached hydrogen (secondary N) is 2. The lowest BCUT2D eigenvalue weighted by Crippen LogP contribution is -2.53. The molecule has 37 heavy (non-hydrogen) atoms. The highest BCUT2D eigenvalue weighted by Crippen LogP contribution is 2.31. The number of likely N-dealkylation sites (tertiary alicyclic amines) is 1. The van der Waals surface area contributed by atoms with Crippen molar-refractivity contribution < 1.29 is 14.0 Å². The van der Waals surface area contributed by atoms with Gasteiger partial charge in [0.05, 0.1) is 0 Å². The molecule has 2 aromatic rings. The lowest BCUT2D eigenvalue weighted by Gasteiger charge is -2.43. The van der Waals surface area contributed by atoms with Crippen LogP contribution in [0.15, 0.2) is 42.6 Å². The Bertz CT molecular complexity index is 1060. The third-order valence-electron chi connectivity index (χ3n) is 8.00. The van der Waals surface area contributed by atoms with Crippen molar-refractivity contribution >= 4 is 17.6 Å². The summed E-state index contributed by atoms with van der Waals surface area (Å²) in [4.78, 5) is 33.5. The SMILES string of the molecule is CC(=O)N(C)[C@@H]1CC[C@@H](NC(=O)Nc2ccnc(C)c2)[C@H](CN2CCC[C@@H](Cc3ccc(F)cc3)C2)C1. The Labute approximate surface area is 219 Å². The molecule has 1 saturated carbocycles. The van der Waals surface area contributed by atoms with E-state index in [1.807, 2.05) is 37.1 Å². The van der Waals surface area contributed by atoms with Gasteiger partial charge in [-0.15, -0.1) is 0 Å². The number of carbonyl (C=O) groups is 2. The maximum absolute atomic E-state index is 13.3. The number of pyridine rings is 1. The molecule has 1 aromatic heterocycles. The van der Waals surface area contributed by atoms with E-state index in [0.717, 1.165) is 63.1 Å². The predicted octanol–water partition coefficient (Wildman–Crippen LogP) is 4.62. The second-order valence-corrected chi connectivity index (χ2v) is 10.8. The fourth-order valence-electron chi connectivity index (χ4n) is 5.97. The molecule has 3 amide bonds. The predicted molar refractivity (Wildman–Crippen MR) is 144 cm³/mol. The molecule has 0 unspecified atom stereocenters. The topological polar surface area (TPSA) is 77.6 Å². The number of urea groups is 1. The summed E-state index contributed by atoms with van der Waals surface area (Å²) in [5.41, 5.74) is 2.76. The lowest BCUT2D eigenvalue weighted by atomic mass is 9.80. The summed E-state index contributed by atoms with van der Waals surface area (Å²) < 4.78 is 13.3. The first-order chi connectivity index (χ1) is 17.8. The summed E-state index contributed by atoms with van der Waals surface area (Å²) in [6.07, 6.45) is 7.52. The molecule has 1 aliphatic carbocycles. The third-order valence-corrected chi connectivity index (χ3v) is 8.00. The second-order valence-electron chi connectivity index (χ2n) is 10.8. The van der Waals surface area contributed by atoms with E-state index in [2.05, 4.69) is 20.5 Å². The smallest absolute Gasteiger partial charge is 0.319 e. The fourth-order valence-corrected chi connectivity index (χ4v) is 5.97. The van der Waals surface area contributed by atoms with Crippen LogP contribution in [-0.2, 0) is 11.2 Å².